The van der Waals surface area contributed by atoms with E-state index in [2.05, 4.69) is 42.5 Å². The van der Waals surface area contributed by atoms with E-state index in [1.54, 1.807) is 18.3 Å². The highest BCUT2D eigenvalue weighted by Crippen LogP contribution is 2.31. The minimum Gasteiger partial charge on any atom is -0.312 e. The third-order valence-electron chi connectivity index (χ3n) is 6.15. The molecule has 4 aromatic rings. The first kappa shape index (κ1) is 20.6. The second-order valence-electron chi connectivity index (χ2n) is 8.30. The topological polar surface area (TPSA) is 50.3 Å². The van der Waals surface area contributed by atoms with E-state index in [0.29, 0.717) is 18.5 Å². The number of Topliss-reactive ketones (excluding diaryl/α,β-unsaturated/α-hetero) is 1. The number of hydrogen-bond acceptors (Lipinski definition) is 4. The molecule has 1 aliphatic heterocycles. The predicted molar refractivity (Wildman–Crippen MR) is 130 cm³/mol. The van der Waals surface area contributed by atoms with Crippen LogP contribution in [0.4, 0.5) is 5.69 Å². The van der Waals surface area contributed by atoms with Crippen LogP contribution in [0.15, 0.2) is 60.7 Å². The van der Waals surface area contributed by atoms with Crippen molar-refractivity contribution in [2.45, 2.75) is 33.1 Å². The highest BCUT2D eigenvalue weighted by Gasteiger charge is 2.26. The smallest absolute Gasteiger partial charge is 0.232 e. The third-order valence-corrected chi connectivity index (χ3v) is 7.31. The van der Waals surface area contributed by atoms with Crippen molar-refractivity contribution in [3.8, 4) is 0 Å². The molecule has 0 atom stereocenters. The zero-order chi connectivity index (χ0) is 22.2. The molecule has 0 saturated carbocycles. The Labute approximate surface area is 191 Å². The normalized spacial score (nSPS) is 12.9. The fraction of sp³-hybridized carbons (Fsp3) is 0.222. The van der Waals surface area contributed by atoms with Gasteiger partial charge in [0.05, 0.1) is 17.1 Å². The van der Waals surface area contributed by atoms with Crippen molar-refractivity contribution in [2.75, 3.05) is 11.4 Å². The molecule has 1 aliphatic rings. The van der Waals surface area contributed by atoms with Crippen molar-refractivity contribution < 1.29 is 9.59 Å². The Bertz CT molecular complexity index is 1350. The van der Waals surface area contributed by atoms with Crippen LogP contribution in [0.2, 0.25) is 0 Å². The molecular weight excluding hydrogens is 416 g/mol. The summed E-state index contributed by atoms with van der Waals surface area (Å²) in [7, 11) is 0. The fourth-order valence-corrected chi connectivity index (χ4v) is 5.53. The van der Waals surface area contributed by atoms with Gasteiger partial charge in [0, 0.05) is 29.1 Å². The molecule has 0 fully saturated rings. The molecule has 4 nitrogen and oxygen atoms in total. The van der Waals surface area contributed by atoms with Gasteiger partial charge < -0.3 is 4.90 Å². The molecule has 0 N–H and O–H groups in total. The number of amides is 1. The van der Waals surface area contributed by atoms with Crippen molar-refractivity contribution in [3.63, 3.8) is 0 Å². The zero-order valence-electron chi connectivity index (χ0n) is 18.2. The summed E-state index contributed by atoms with van der Waals surface area (Å²) in [6.45, 7) is 4.22. The average Bonchev–Trinajstić information content (AvgIpc) is 3.36. The van der Waals surface area contributed by atoms with Gasteiger partial charge in [-0.25, -0.2) is 4.98 Å². The summed E-state index contributed by atoms with van der Waals surface area (Å²) in [6.07, 6.45) is 1.91. The second-order valence-corrected chi connectivity index (χ2v) is 9.47. The lowest BCUT2D eigenvalue weighted by atomic mass is 10.0. The van der Waals surface area contributed by atoms with Crippen LogP contribution in [-0.4, -0.2) is 23.2 Å². The molecule has 5 heteroatoms. The molecule has 0 radical (unpaired) electrons. The first-order valence-electron chi connectivity index (χ1n) is 10.9. The summed E-state index contributed by atoms with van der Waals surface area (Å²) in [5.41, 5.74) is 4.89. The van der Waals surface area contributed by atoms with E-state index in [1.807, 2.05) is 30.0 Å². The Morgan fingerprint density at radius 2 is 1.88 bits per heavy atom. The first-order valence-corrected chi connectivity index (χ1v) is 11.7. The van der Waals surface area contributed by atoms with Crippen LogP contribution in [-0.2, 0) is 24.1 Å². The monoisotopic (exact) mass is 440 g/mol. The molecule has 160 valence electrons. The van der Waals surface area contributed by atoms with Gasteiger partial charge in [-0.15, -0.1) is 11.3 Å². The molecular formula is C27H24N2O2S. The van der Waals surface area contributed by atoms with Crippen LogP contribution in [0.1, 0.15) is 44.0 Å². The molecule has 5 rings (SSSR count). The van der Waals surface area contributed by atoms with Crippen molar-refractivity contribution >= 4 is 39.5 Å². The fourth-order valence-electron chi connectivity index (χ4n) is 4.45. The van der Waals surface area contributed by atoms with E-state index in [-0.39, 0.29) is 11.7 Å². The van der Waals surface area contributed by atoms with E-state index in [4.69, 9.17) is 4.98 Å². The van der Waals surface area contributed by atoms with E-state index in [0.717, 1.165) is 39.7 Å². The number of aromatic nitrogens is 1. The van der Waals surface area contributed by atoms with E-state index < -0.39 is 0 Å². The summed E-state index contributed by atoms with van der Waals surface area (Å²) in [4.78, 5) is 32.4. The van der Waals surface area contributed by atoms with Crippen LogP contribution in [0.3, 0.4) is 0 Å². The van der Waals surface area contributed by atoms with E-state index in [1.165, 1.54) is 16.3 Å². The summed E-state index contributed by atoms with van der Waals surface area (Å²) in [5.74, 6) is 0.138. The zero-order valence-corrected chi connectivity index (χ0v) is 19.0. The molecule has 0 spiro atoms. The Hall–Kier alpha value is -3.31. The standard InChI is InChI=1S/C27H24N2O2S/c1-17-25(16-27(31)29-13-12-22-14-20(18(2)30)10-11-24(22)29)32-26(28-17)15-21-8-5-7-19-6-3-4-9-23(19)21/h3-11,14H,12-13,15-16H2,1-2H3. The number of thiazole rings is 1. The number of fused-ring (bicyclic) bond motifs is 2. The van der Waals surface area contributed by atoms with E-state index in [9.17, 15) is 9.59 Å². The molecule has 32 heavy (non-hydrogen) atoms. The molecule has 1 amide bonds. The average molecular weight is 441 g/mol. The van der Waals surface area contributed by atoms with Gasteiger partial charge in [0.15, 0.2) is 5.78 Å². The van der Waals surface area contributed by atoms with Gasteiger partial charge in [0.2, 0.25) is 5.91 Å². The van der Waals surface area contributed by atoms with Crippen LogP contribution in [0.5, 0.6) is 0 Å². The number of rotatable bonds is 5. The molecule has 0 bridgehead atoms. The lowest BCUT2D eigenvalue weighted by Gasteiger charge is -2.17. The SMILES string of the molecule is CC(=O)c1ccc2c(c1)CCN2C(=O)Cc1sc(Cc2cccc3ccccc23)nc1C. The minimum atomic E-state index is 0.0524. The number of carbonyl (C=O) groups is 2. The Morgan fingerprint density at radius 3 is 2.72 bits per heavy atom. The first-order chi connectivity index (χ1) is 15.5. The lowest BCUT2D eigenvalue weighted by molar-refractivity contribution is -0.117. The van der Waals surface area contributed by atoms with E-state index >= 15 is 0 Å². The number of hydrogen-bond donors (Lipinski definition) is 0. The lowest BCUT2D eigenvalue weighted by Crippen LogP contribution is -2.30. The Balaban J connectivity index is 1.34. The number of aryl methyl sites for hydroxylation is 1. The van der Waals surface area contributed by atoms with Crippen LogP contribution in [0.25, 0.3) is 10.8 Å². The number of ketones is 1. The summed E-state index contributed by atoms with van der Waals surface area (Å²) < 4.78 is 0. The van der Waals surface area contributed by atoms with Crippen LogP contribution < -0.4 is 4.90 Å². The molecule has 2 heterocycles. The molecule has 0 unspecified atom stereocenters. The number of carbonyl (C=O) groups excluding carboxylic acids is 2. The van der Waals surface area contributed by atoms with Gasteiger partial charge in [0.25, 0.3) is 0 Å². The van der Waals surface area contributed by atoms with Gasteiger partial charge in [-0.2, -0.15) is 0 Å². The van der Waals surface area contributed by atoms with Crippen LogP contribution >= 0.6 is 11.3 Å². The minimum absolute atomic E-state index is 0.0524. The number of benzene rings is 3. The van der Waals surface area contributed by atoms with Crippen molar-refractivity contribution in [2.24, 2.45) is 0 Å². The summed E-state index contributed by atoms with van der Waals surface area (Å²) in [6, 6.07) is 20.4. The van der Waals surface area contributed by atoms with Gasteiger partial charge >= 0.3 is 0 Å². The quantitative estimate of drug-likeness (QED) is 0.384. The van der Waals surface area contributed by atoms with Gasteiger partial charge in [0.1, 0.15) is 0 Å². The predicted octanol–water partition coefficient (Wildman–Crippen LogP) is 5.53. The number of nitrogens with zero attached hydrogens (tertiary/aromatic N) is 2. The van der Waals surface area contributed by atoms with Crippen molar-refractivity contribution in [1.29, 1.82) is 0 Å². The van der Waals surface area contributed by atoms with Crippen molar-refractivity contribution in [3.05, 3.63) is 92.9 Å². The van der Waals surface area contributed by atoms with Gasteiger partial charge in [-0.05, 0) is 60.4 Å². The molecule has 0 saturated heterocycles. The molecule has 1 aromatic heterocycles. The maximum Gasteiger partial charge on any atom is 0.232 e. The molecule has 3 aromatic carbocycles. The Morgan fingerprint density at radius 1 is 1.06 bits per heavy atom. The summed E-state index contributed by atoms with van der Waals surface area (Å²) in [5, 5.41) is 3.52. The highest BCUT2D eigenvalue weighted by atomic mass is 32.1. The van der Waals surface area contributed by atoms with Gasteiger partial charge in [-0.3, -0.25) is 9.59 Å². The van der Waals surface area contributed by atoms with Crippen molar-refractivity contribution in [1.82, 2.24) is 4.98 Å². The largest absolute Gasteiger partial charge is 0.312 e. The maximum atomic E-state index is 13.1. The number of anilines is 1. The third kappa shape index (κ3) is 3.84. The highest BCUT2D eigenvalue weighted by molar-refractivity contribution is 7.11. The second kappa shape index (κ2) is 8.32. The Kier molecular flexibility index (Phi) is 5.35. The summed E-state index contributed by atoms with van der Waals surface area (Å²) >= 11 is 1.63. The van der Waals surface area contributed by atoms with Crippen LogP contribution in [0, 0.1) is 6.92 Å². The molecule has 0 aliphatic carbocycles. The maximum absolute atomic E-state index is 13.1. The van der Waals surface area contributed by atoms with Gasteiger partial charge in [-0.1, -0.05) is 42.5 Å².